The van der Waals surface area contributed by atoms with Gasteiger partial charge in [-0.15, -0.1) is 0 Å². The van der Waals surface area contributed by atoms with Crippen LogP contribution in [0.4, 0.5) is 11.4 Å². The Kier molecular flexibility index (Phi) is 7.15. The van der Waals surface area contributed by atoms with Gasteiger partial charge in [-0.1, -0.05) is 74.0 Å². The molecule has 1 atom stereocenters. The van der Waals surface area contributed by atoms with Gasteiger partial charge in [0.1, 0.15) is 12.6 Å². The Morgan fingerprint density at radius 1 is 0.897 bits per heavy atom. The third-order valence-corrected chi connectivity index (χ3v) is 7.45. The predicted molar refractivity (Wildman–Crippen MR) is 156 cm³/mol. The number of hydrogen-bond acceptors (Lipinski definition) is 3. The average Bonchev–Trinajstić information content (AvgIpc) is 3.00. The zero-order valence-corrected chi connectivity index (χ0v) is 23.1. The van der Waals surface area contributed by atoms with Crippen LogP contribution in [-0.4, -0.2) is 29.2 Å². The van der Waals surface area contributed by atoms with E-state index in [4.69, 9.17) is 11.6 Å². The summed E-state index contributed by atoms with van der Waals surface area (Å²) >= 11 is 6.12. The summed E-state index contributed by atoms with van der Waals surface area (Å²) in [6.07, 6.45) is 0. The van der Waals surface area contributed by atoms with E-state index in [1.165, 1.54) is 10.5 Å². The van der Waals surface area contributed by atoms with Crippen molar-refractivity contribution < 1.29 is 14.4 Å². The minimum Gasteiger partial charge on any atom is -0.324 e. The first-order valence-corrected chi connectivity index (χ1v) is 13.3. The number of hydrogen-bond donors (Lipinski definition) is 2. The summed E-state index contributed by atoms with van der Waals surface area (Å²) in [6, 6.07) is 21.1. The quantitative estimate of drug-likeness (QED) is 0.288. The Morgan fingerprint density at radius 3 is 2.36 bits per heavy atom. The molecule has 1 heterocycles. The van der Waals surface area contributed by atoms with Crippen LogP contribution in [0.3, 0.4) is 0 Å². The fraction of sp³-hybridized carbons (Fsp3) is 0.219. The molecule has 6 nitrogen and oxygen atoms in total. The lowest BCUT2D eigenvalue weighted by atomic mass is 10.0. The number of fused-ring (bicyclic) bond motifs is 2. The van der Waals surface area contributed by atoms with Crippen molar-refractivity contribution >= 4 is 40.7 Å². The van der Waals surface area contributed by atoms with Crippen molar-refractivity contribution in [3.8, 4) is 11.1 Å². The van der Waals surface area contributed by atoms with Gasteiger partial charge in [-0.2, -0.15) is 0 Å². The largest absolute Gasteiger partial charge is 0.324 e. The maximum Gasteiger partial charge on any atom is 0.257 e. The van der Waals surface area contributed by atoms with Crippen LogP contribution in [0.2, 0.25) is 5.02 Å². The summed E-state index contributed by atoms with van der Waals surface area (Å²) in [5, 5.41) is 6.26. The molecule has 1 aliphatic heterocycles. The molecule has 1 unspecified atom stereocenters. The Balaban J connectivity index is 1.57. The first-order chi connectivity index (χ1) is 18.6. The summed E-state index contributed by atoms with van der Waals surface area (Å²) in [6.45, 7) is 8.08. The third kappa shape index (κ3) is 5.12. The second-order valence-corrected chi connectivity index (χ2v) is 10.8. The number of aryl methyl sites for hydroxylation is 2. The number of nitrogens with zero attached hydrogens (tertiary/aromatic N) is 1. The summed E-state index contributed by atoms with van der Waals surface area (Å²) in [4.78, 5) is 42.1. The summed E-state index contributed by atoms with van der Waals surface area (Å²) in [5.41, 5.74) is 7.21. The SMILES string of the molecule is Cc1cc(NC(=O)C(c2ccccc2)N2CC(=O)Nc3cc(Cl)ccc3C2=O)c2c(C)ccc(C(C)C)cc1-2. The van der Waals surface area contributed by atoms with Crippen LogP contribution < -0.4 is 10.6 Å². The lowest BCUT2D eigenvalue weighted by Gasteiger charge is -2.29. The van der Waals surface area contributed by atoms with Gasteiger partial charge in [-0.3, -0.25) is 14.4 Å². The molecule has 0 bridgehead atoms. The highest BCUT2D eigenvalue weighted by molar-refractivity contribution is 6.31. The van der Waals surface area contributed by atoms with E-state index in [2.05, 4.69) is 42.7 Å². The highest BCUT2D eigenvalue weighted by Crippen LogP contribution is 2.40. The minimum absolute atomic E-state index is 0.276. The van der Waals surface area contributed by atoms with Gasteiger partial charge in [0.25, 0.3) is 11.8 Å². The van der Waals surface area contributed by atoms with Crippen molar-refractivity contribution in [3.63, 3.8) is 0 Å². The van der Waals surface area contributed by atoms with Gasteiger partial charge in [0.2, 0.25) is 5.91 Å². The molecule has 2 aromatic carbocycles. The van der Waals surface area contributed by atoms with Crippen molar-refractivity contribution in [1.29, 1.82) is 0 Å². The van der Waals surface area contributed by atoms with Gasteiger partial charge in [-0.25, -0.2) is 0 Å². The van der Waals surface area contributed by atoms with E-state index in [-0.39, 0.29) is 12.1 Å². The van der Waals surface area contributed by atoms with E-state index in [0.29, 0.717) is 27.9 Å². The standard InChI is InChI=1S/C32H30ClN3O3/c1-18(2)22-11-10-19(3)29-25(15-22)20(4)14-27(29)35-31(38)30(21-8-6-5-7-9-21)36-17-28(37)34-26-16-23(33)12-13-24(26)32(36)39/h5-16,18,30H,17H2,1-4H3,(H,34,37)(H,35,38). The van der Waals surface area contributed by atoms with Crippen molar-refractivity contribution in [1.82, 2.24) is 4.90 Å². The molecule has 0 fully saturated rings. The number of nitrogens with one attached hydrogen (secondary N) is 2. The minimum atomic E-state index is -1.04. The highest BCUT2D eigenvalue weighted by Gasteiger charge is 2.37. The topological polar surface area (TPSA) is 78.5 Å². The second kappa shape index (κ2) is 10.5. The summed E-state index contributed by atoms with van der Waals surface area (Å²) in [5.74, 6) is -0.886. The number of benzene rings is 2. The molecule has 0 radical (unpaired) electrons. The maximum absolute atomic E-state index is 14.1. The van der Waals surface area contributed by atoms with E-state index in [1.807, 2.05) is 38.1 Å². The van der Waals surface area contributed by atoms with E-state index < -0.39 is 23.8 Å². The van der Waals surface area contributed by atoms with E-state index in [0.717, 1.165) is 22.3 Å². The van der Waals surface area contributed by atoms with Crippen LogP contribution in [0.5, 0.6) is 0 Å². The lowest BCUT2D eigenvalue weighted by Crippen LogP contribution is -2.43. The molecule has 0 aromatic heterocycles. The number of carbonyl (C=O) groups excluding carboxylic acids is 3. The van der Waals surface area contributed by atoms with Gasteiger partial charge >= 0.3 is 0 Å². The molecule has 39 heavy (non-hydrogen) atoms. The van der Waals surface area contributed by atoms with Crippen molar-refractivity contribution in [3.05, 3.63) is 106 Å². The van der Waals surface area contributed by atoms with E-state index in [9.17, 15) is 14.4 Å². The zero-order valence-electron chi connectivity index (χ0n) is 22.3. The number of amides is 3. The first-order valence-electron chi connectivity index (χ1n) is 12.9. The van der Waals surface area contributed by atoms with Gasteiger partial charge < -0.3 is 15.5 Å². The Bertz CT molecular complexity index is 1560. The monoisotopic (exact) mass is 539 g/mol. The van der Waals surface area contributed by atoms with E-state index >= 15 is 0 Å². The molecular formula is C32H30ClN3O3. The smallest absolute Gasteiger partial charge is 0.257 e. The van der Waals surface area contributed by atoms with Gasteiger partial charge in [0.15, 0.2) is 0 Å². The molecule has 3 aliphatic rings. The number of rotatable bonds is 5. The molecule has 0 saturated carbocycles. The molecule has 0 spiro atoms. The number of halogens is 1. The molecule has 0 saturated heterocycles. The normalized spacial score (nSPS) is 14.2. The molecule has 3 amide bonds. The zero-order chi connectivity index (χ0) is 27.8. The molecule has 7 heteroatoms. The number of anilines is 2. The molecule has 2 aliphatic carbocycles. The maximum atomic E-state index is 14.1. The highest BCUT2D eigenvalue weighted by atomic mass is 35.5. The van der Waals surface area contributed by atoms with Crippen LogP contribution in [0.1, 0.15) is 58.4 Å². The Morgan fingerprint density at radius 2 is 1.64 bits per heavy atom. The van der Waals surface area contributed by atoms with Crippen LogP contribution in [0.25, 0.3) is 11.1 Å². The van der Waals surface area contributed by atoms with Crippen LogP contribution >= 0.6 is 11.6 Å². The molecule has 2 N–H and O–H groups in total. The number of carbonyl (C=O) groups is 3. The molecule has 2 aromatic rings. The van der Waals surface area contributed by atoms with Crippen molar-refractivity contribution in [2.45, 2.75) is 39.7 Å². The summed E-state index contributed by atoms with van der Waals surface area (Å²) in [7, 11) is 0. The molecule has 5 rings (SSSR count). The third-order valence-electron chi connectivity index (χ3n) is 7.22. The van der Waals surface area contributed by atoms with Gasteiger partial charge in [0.05, 0.1) is 11.3 Å². The van der Waals surface area contributed by atoms with E-state index in [1.54, 1.807) is 30.3 Å². The van der Waals surface area contributed by atoms with Crippen LogP contribution in [-0.2, 0) is 9.59 Å². The molecule has 198 valence electrons. The van der Waals surface area contributed by atoms with Crippen molar-refractivity contribution in [2.24, 2.45) is 0 Å². The van der Waals surface area contributed by atoms with Crippen molar-refractivity contribution in [2.75, 3.05) is 17.2 Å². The van der Waals surface area contributed by atoms with Crippen LogP contribution in [0, 0.1) is 13.8 Å². The van der Waals surface area contributed by atoms with Gasteiger partial charge in [-0.05, 0) is 71.8 Å². The van der Waals surface area contributed by atoms with Gasteiger partial charge in [0, 0.05) is 16.3 Å². The predicted octanol–water partition coefficient (Wildman–Crippen LogP) is 6.96. The fourth-order valence-electron chi connectivity index (χ4n) is 5.19. The molecular weight excluding hydrogens is 510 g/mol. The van der Waals surface area contributed by atoms with Crippen LogP contribution in [0.15, 0.2) is 72.8 Å². The Labute approximate surface area is 233 Å². The Hall–Kier alpha value is -4.16. The fourth-order valence-corrected chi connectivity index (χ4v) is 5.36. The lowest BCUT2D eigenvalue weighted by molar-refractivity contribution is -0.122. The second-order valence-electron chi connectivity index (χ2n) is 10.3. The first kappa shape index (κ1) is 26.4. The summed E-state index contributed by atoms with van der Waals surface area (Å²) < 4.78 is 0. The average molecular weight is 540 g/mol.